The van der Waals surface area contributed by atoms with E-state index in [1.165, 1.54) is 28.6 Å². The Balaban J connectivity index is 1.69. The van der Waals surface area contributed by atoms with E-state index in [1.54, 1.807) is 4.90 Å². The van der Waals surface area contributed by atoms with Crippen molar-refractivity contribution in [3.05, 3.63) is 29.8 Å². The molecule has 7 nitrogen and oxygen atoms in total. The normalized spacial score (nSPS) is 20.3. The van der Waals surface area contributed by atoms with Crippen LogP contribution in [0.2, 0.25) is 0 Å². The highest BCUT2D eigenvalue weighted by Crippen LogP contribution is 2.39. The molecule has 1 heterocycles. The fourth-order valence-corrected chi connectivity index (χ4v) is 5.06. The Morgan fingerprint density at radius 3 is 2.08 bits per heavy atom. The summed E-state index contributed by atoms with van der Waals surface area (Å²) < 4.78 is 26.8. The van der Waals surface area contributed by atoms with Crippen LogP contribution in [-0.2, 0) is 14.8 Å². The van der Waals surface area contributed by atoms with Crippen LogP contribution in [0.3, 0.4) is 0 Å². The van der Waals surface area contributed by atoms with Gasteiger partial charge in [-0.3, -0.25) is 4.79 Å². The molecule has 1 amide bonds. The third-order valence-corrected chi connectivity index (χ3v) is 7.14. The van der Waals surface area contributed by atoms with Gasteiger partial charge in [0.25, 0.3) is 0 Å². The number of piperazine rings is 1. The van der Waals surface area contributed by atoms with Crippen molar-refractivity contribution in [2.24, 2.45) is 5.41 Å². The third-order valence-electron chi connectivity index (χ3n) is 5.23. The lowest BCUT2D eigenvalue weighted by Crippen LogP contribution is -2.53. The lowest BCUT2D eigenvalue weighted by molar-refractivity contribution is -0.140. The monoisotopic (exact) mass is 372 g/mol. The molecule has 2 aliphatic rings. The van der Waals surface area contributed by atoms with Crippen molar-refractivity contribution < 1.29 is 13.2 Å². The average molecular weight is 372 g/mol. The molecule has 0 bridgehead atoms. The van der Waals surface area contributed by atoms with E-state index >= 15 is 0 Å². The summed E-state index contributed by atoms with van der Waals surface area (Å²) in [7, 11) is -3.66. The van der Waals surface area contributed by atoms with Crippen LogP contribution in [0.15, 0.2) is 29.2 Å². The quantitative estimate of drug-likeness (QED) is 0.799. The van der Waals surface area contributed by atoms with Crippen LogP contribution >= 0.6 is 0 Å². The summed E-state index contributed by atoms with van der Waals surface area (Å²) in [5, 5.41) is 18.3. The summed E-state index contributed by atoms with van der Waals surface area (Å²) in [4.78, 5) is 14.5. The van der Waals surface area contributed by atoms with Crippen molar-refractivity contribution in [2.75, 3.05) is 26.2 Å². The van der Waals surface area contributed by atoms with E-state index in [2.05, 4.69) is 6.07 Å². The Labute approximate surface area is 153 Å². The van der Waals surface area contributed by atoms with Crippen LogP contribution in [0.4, 0.5) is 0 Å². The van der Waals surface area contributed by atoms with Crippen LogP contribution in [0.1, 0.15) is 31.2 Å². The molecule has 0 atom stereocenters. The number of sulfonamides is 1. The van der Waals surface area contributed by atoms with E-state index in [-0.39, 0.29) is 37.0 Å². The van der Waals surface area contributed by atoms with Crippen LogP contribution < -0.4 is 0 Å². The second-order valence-corrected chi connectivity index (χ2v) is 8.67. The number of nitrogens with zero attached hydrogens (tertiary/aromatic N) is 4. The van der Waals surface area contributed by atoms with Crippen molar-refractivity contribution >= 4 is 15.9 Å². The van der Waals surface area contributed by atoms with Crippen LogP contribution in [0.25, 0.3) is 0 Å². The predicted molar refractivity (Wildman–Crippen MR) is 93.0 cm³/mol. The Morgan fingerprint density at radius 1 is 1.00 bits per heavy atom. The standard InChI is InChI=1S/C18H20N4O3S/c19-13-15-3-5-16(6-4-15)26(24,25)22-11-9-21(10-12-22)17(23)18(14-20)7-1-2-8-18/h3-6H,1-2,7-12H2. The number of amides is 1. The molecule has 1 aromatic rings. The van der Waals surface area contributed by atoms with E-state index in [1.807, 2.05) is 6.07 Å². The number of rotatable bonds is 3. The number of carbonyl (C=O) groups is 1. The van der Waals surface area contributed by atoms with Crippen molar-refractivity contribution in [3.8, 4) is 12.1 Å². The molecule has 2 fully saturated rings. The van der Waals surface area contributed by atoms with Gasteiger partial charge in [-0.15, -0.1) is 0 Å². The van der Waals surface area contributed by atoms with Crippen molar-refractivity contribution in [1.82, 2.24) is 9.21 Å². The average Bonchev–Trinajstić information content (AvgIpc) is 3.18. The Bertz CT molecular complexity index is 866. The van der Waals surface area contributed by atoms with Gasteiger partial charge in [0, 0.05) is 26.2 Å². The molecule has 1 aliphatic heterocycles. The van der Waals surface area contributed by atoms with E-state index in [4.69, 9.17) is 5.26 Å². The van der Waals surface area contributed by atoms with Crippen molar-refractivity contribution in [2.45, 2.75) is 30.6 Å². The molecule has 1 saturated carbocycles. The zero-order chi connectivity index (χ0) is 18.8. The molecular formula is C18H20N4O3S. The summed E-state index contributed by atoms with van der Waals surface area (Å²) in [5.74, 6) is -0.159. The first kappa shape index (κ1) is 18.4. The minimum atomic E-state index is -3.66. The fourth-order valence-electron chi connectivity index (χ4n) is 3.64. The summed E-state index contributed by atoms with van der Waals surface area (Å²) in [5.41, 5.74) is -0.522. The SMILES string of the molecule is N#Cc1ccc(S(=O)(=O)N2CCN(C(=O)C3(C#N)CCCC3)CC2)cc1. The molecule has 8 heteroatoms. The first-order valence-corrected chi connectivity index (χ1v) is 10.1. The van der Waals surface area contributed by atoms with E-state index in [0.717, 1.165) is 12.8 Å². The van der Waals surface area contributed by atoms with Gasteiger partial charge in [0.15, 0.2) is 0 Å². The minimum Gasteiger partial charge on any atom is -0.339 e. The lowest BCUT2D eigenvalue weighted by atomic mass is 9.86. The predicted octanol–water partition coefficient (Wildman–Crippen LogP) is 1.48. The molecule has 26 heavy (non-hydrogen) atoms. The third kappa shape index (κ3) is 3.18. The van der Waals surface area contributed by atoms with Gasteiger partial charge in [-0.1, -0.05) is 12.8 Å². The van der Waals surface area contributed by atoms with Crippen LogP contribution in [0.5, 0.6) is 0 Å². The number of carbonyl (C=O) groups excluding carboxylic acids is 1. The molecule has 1 aromatic carbocycles. The molecule has 0 spiro atoms. The van der Waals surface area contributed by atoms with Gasteiger partial charge in [-0.2, -0.15) is 14.8 Å². The fraction of sp³-hybridized carbons (Fsp3) is 0.500. The Kier molecular flexibility index (Phi) is 4.99. The Morgan fingerprint density at radius 2 is 1.58 bits per heavy atom. The largest absolute Gasteiger partial charge is 0.339 e. The van der Waals surface area contributed by atoms with Crippen LogP contribution in [0, 0.1) is 28.1 Å². The second kappa shape index (κ2) is 7.06. The summed E-state index contributed by atoms with van der Waals surface area (Å²) in [6.07, 6.45) is 2.94. The summed E-state index contributed by atoms with van der Waals surface area (Å²) >= 11 is 0. The molecule has 1 saturated heterocycles. The molecule has 0 radical (unpaired) electrons. The Hall–Kier alpha value is -2.42. The second-order valence-electron chi connectivity index (χ2n) is 6.73. The number of benzene rings is 1. The van der Waals surface area contributed by atoms with Gasteiger partial charge in [0.2, 0.25) is 15.9 Å². The summed E-state index contributed by atoms with van der Waals surface area (Å²) in [6.45, 7) is 0.987. The summed E-state index contributed by atoms with van der Waals surface area (Å²) in [6, 6.07) is 9.97. The lowest BCUT2D eigenvalue weighted by Gasteiger charge is -2.37. The number of hydrogen-bond donors (Lipinski definition) is 0. The molecule has 0 unspecified atom stereocenters. The number of hydrogen-bond acceptors (Lipinski definition) is 5. The van der Waals surface area contributed by atoms with Crippen molar-refractivity contribution in [3.63, 3.8) is 0 Å². The molecule has 0 aromatic heterocycles. The highest BCUT2D eigenvalue weighted by atomic mass is 32.2. The molecule has 0 N–H and O–H groups in total. The molecule has 136 valence electrons. The highest BCUT2D eigenvalue weighted by molar-refractivity contribution is 7.89. The van der Waals surface area contributed by atoms with Gasteiger partial charge >= 0.3 is 0 Å². The van der Waals surface area contributed by atoms with E-state index < -0.39 is 15.4 Å². The zero-order valence-corrected chi connectivity index (χ0v) is 15.2. The first-order valence-electron chi connectivity index (χ1n) is 8.64. The maximum absolute atomic E-state index is 12.8. The molecule has 3 rings (SSSR count). The van der Waals surface area contributed by atoms with E-state index in [9.17, 15) is 18.5 Å². The van der Waals surface area contributed by atoms with Gasteiger partial charge < -0.3 is 4.90 Å². The maximum atomic E-state index is 12.8. The smallest absolute Gasteiger partial charge is 0.243 e. The van der Waals surface area contributed by atoms with Gasteiger partial charge in [0.1, 0.15) is 5.41 Å². The molecule has 1 aliphatic carbocycles. The topological polar surface area (TPSA) is 105 Å². The highest BCUT2D eigenvalue weighted by Gasteiger charge is 2.45. The maximum Gasteiger partial charge on any atom is 0.243 e. The number of nitriles is 2. The van der Waals surface area contributed by atoms with Gasteiger partial charge in [0.05, 0.1) is 22.6 Å². The minimum absolute atomic E-state index is 0.139. The van der Waals surface area contributed by atoms with Gasteiger partial charge in [-0.05, 0) is 37.1 Å². The van der Waals surface area contributed by atoms with Gasteiger partial charge in [-0.25, -0.2) is 8.42 Å². The van der Waals surface area contributed by atoms with Crippen LogP contribution in [-0.4, -0.2) is 49.7 Å². The van der Waals surface area contributed by atoms with E-state index in [0.29, 0.717) is 18.4 Å². The van der Waals surface area contributed by atoms with Crippen molar-refractivity contribution in [1.29, 1.82) is 10.5 Å². The zero-order valence-electron chi connectivity index (χ0n) is 14.4. The first-order chi connectivity index (χ1) is 12.4. The molecular weight excluding hydrogens is 352 g/mol.